The van der Waals surface area contributed by atoms with Crippen molar-refractivity contribution in [3.05, 3.63) is 24.2 Å². The Labute approximate surface area is 105 Å². The van der Waals surface area contributed by atoms with Crippen molar-refractivity contribution in [1.29, 1.82) is 0 Å². The van der Waals surface area contributed by atoms with Gasteiger partial charge in [-0.3, -0.25) is 4.90 Å². The van der Waals surface area contributed by atoms with Crippen LogP contribution in [0.25, 0.3) is 0 Å². The van der Waals surface area contributed by atoms with Gasteiger partial charge in [0.25, 0.3) is 0 Å². The summed E-state index contributed by atoms with van der Waals surface area (Å²) >= 11 is 0. The molecule has 0 saturated heterocycles. The van der Waals surface area contributed by atoms with Crippen molar-refractivity contribution < 1.29 is 17.6 Å². The third kappa shape index (κ3) is 6.66. The molecule has 0 amide bonds. The maximum Gasteiger partial charge on any atom is 0.401 e. The molecular weight excluding hydrogens is 245 g/mol. The molecule has 3 nitrogen and oxygen atoms in total. The normalized spacial score (nSPS) is 12.3. The number of halogens is 3. The van der Waals surface area contributed by atoms with Crippen molar-refractivity contribution in [2.45, 2.75) is 26.1 Å². The highest BCUT2D eigenvalue weighted by molar-refractivity contribution is 4.97. The Morgan fingerprint density at radius 2 is 2.11 bits per heavy atom. The molecule has 6 heteroatoms. The first-order chi connectivity index (χ1) is 8.51. The van der Waals surface area contributed by atoms with Gasteiger partial charge < -0.3 is 9.73 Å². The molecule has 1 N–H and O–H groups in total. The molecule has 0 fully saturated rings. The number of rotatable bonds is 8. The third-order valence-electron chi connectivity index (χ3n) is 2.43. The Bertz CT molecular complexity index is 312. The van der Waals surface area contributed by atoms with Gasteiger partial charge in [-0.05, 0) is 25.1 Å². The van der Waals surface area contributed by atoms with E-state index in [4.69, 9.17) is 4.42 Å². The zero-order chi connectivity index (χ0) is 13.4. The van der Waals surface area contributed by atoms with Crippen LogP contribution in [-0.4, -0.2) is 37.3 Å². The highest BCUT2D eigenvalue weighted by Gasteiger charge is 2.29. The van der Waals surface area contributed by atoms with E-state index in [-0.39, 0.29) is 0 Å². The summed E-state index contributed by atoms with van der Waals surface area (Å²) in [4.78, 5) is 1.41. The predicted molar refractivity (Wildman–Crippen MR) is 63.2 cm³/mol. The molecular formula is C12H19F3N2O. The monoisotopic (exact) mass is 264 g/mol. The van der Waals surface area contributed by atoms with Gasteiger partial charge in [-0.25, -0.2) is 0 Å². The summed E-state index contributed by atoms with van der Waals surface area (Å²) in [5.41, 5.74) is 0. The Kier molecular flexibility index (Phi) is 6.21. The molecule has 1 heterocycles. The molecule has 18 heavy (non-hydrogen) atoms. The Morgan fingerprint density at radius 1 is 1.33 bits per heavy atom. The molecule has 0 aliphatic carbocycles. The number of nitrogens with one attached hydrogen (secondary N) is 1. The molecule has 0 bridgehead atoms. The van der Waals surface area contributed by atoms with Crippen LogP contribution in [0.5, 0.6) is 0 Å². The smallest absolute Gasteiger partial charge is 0.401 e. The van der Waals surface area contributed by atoms with Crippen molar-refractivity contribution in [2.24, 2.45) is 0 Å². The van der Waals surface area contributed by atoms with Crippen LogP contribution >= 0.6 is 0 Å². The van der Waals surface area contributed by atoms with Crippen molar-refractivity contribution in [1.82, 2.24) is 10.2 Å². The standard InChI is InChI=1S/C12H19F3N2O/c1-2-6-17(10-12(13,14)15)7-5-16-9-11-4-3-8-18-11/h3-4,8,16H,2,5-7,9-10H2,1H3. The van der Waals surface area contributed by atoms with Gasteiger partial charge in [0.1, 0.15) is 5.76 Å². The summed E-state index contributed by atoms with van der Waals surface area (Å²) in [6.45, 7) is 2.93. The second-order valence-electron chi connectivity index (χ2n) is 4.15. The van der Waals surface area contributed by atoms with Gasteiger partial charge >= 0.3 is 6.18 Å². The maximum atomic E-state index is 12.3. The lowest BCUT2D eigenvalue weighted by Gasteiger charge is -2.23. The lowest BCUT2D eigenvalue weighted by molar-refractivity contribution is -0.145. The van der Waals surface area contributed by atoms with E-state index >= 15 is 0 Å². The van der Waals surface area contributed by atoms with Gasteiger partial charge in [-0.15, -0.1) is 0 Å². The topological polar surface area (TPSA) is 28.4 Å². The molecule has 0 aliphatic heterocycles. The SMILES string of the molecule is CCCN(CCNCc1ccco1)CC(F)(F)F. The predicted octanol–water partition coefficient (Wildman–Crippen LogP) is 2.64. The summed E-state index contributed by atoms with van der Waals surface area (Å²) in [6.07, 6.45) is -1.84. The van der Waals surface area contributed by atoms with Crippen LogP contribution in [0.4, 0.5) is 13.2 Å². The van der Waals surface area contributed by atoms with Gasteiger partial charge in [0.15, 0.2) is 0 Å². The minimum atomic E-state index is -4.13. The summed E-state index contributed by atoms with van der Waals surface area (Å²) in [5, 5.41) is 3.06. The molecule has 0 unspecified atom stereocenters. The summed E-state index contributed by atoms with van der Waals surface area (Å²) in [5.74, 6) is 0.785. The van der Waals surface area contributed by atoms with Crippen molar-refractivity contribution in [3.63, 3.8) is 0 Å². The molecule has 0 radical (unpaired) electrons. The first-order valence-electron chi connectivity index (χ1n) is 6.03. The number of hydrogen-bond acceptors (Lipinski definition) is 3. The average molecular weight is 264 g/mol. The molecule has 0 aliphatic rings. The minimum absolute atomic E-state index is 0.383. The van der Waals surface area contributed by atoms with Crippen LogP contribution in [0.1, 0.15) is 19.1 Å². The van der Waals surface area contributed by atoms with E-state index in [1.165, 1.54) is 4.90 Å². The molecule has 1 aromatic rings. The van der Waals surface area contributed by atoms with E-state index in [2.05, 4.69) is 5.32 Å². The van der Waals surface area contributed by atoms with E-state index in [1.807, 2.05) is 13.0 Å². The fourth-order valence-electron chi connectivity index (χ4n) is 1.70. The maximum absolute atomic E-state index is 12.3. The van der Waals surface area contributed by atoms with Crippen molar-refractivity contribution in [3.8, 4) is 0 Å². The van der Waals surface area contributed by atoms with E-state index in [0.29, 0.717) is 32.6 Å². The van der Waals surface area contributed by atoms with E-state index in [1.54, 1.807) is 12.3 Å². The first-order valence-corrected chi connectivity index (χ1v) is 6.03. The fourth-order valence-corrected chi connectivity index (χ4v) is 1.70. The van der Waals surface area contributed by atoms with E-state index in [9.17, 15) is 13.2 Å². The molecule has 0 spiro atoms. The van der Waals surface area contributed by atoms with Crippen LogP contribution in [0.15, 0.2) is 22.8 Å². The highest BCUT2D eigenvalue weighted by atomic mass is 19.4. The summed E-state index contributed by atoms with van der Waals surface area (Å²) in [7, 11) is 0. The third-order valence-corrected chi connectivity index (χ3v) is 2.43. The van der Waals surface area contributed by atoms with Crippen LogP contribution in [0.2, 0.25) is 0 Å². The number of furan rings is 1. The lowest BCUT2D eigenvalue weighted by Crippen LogP contribution is -2.39. The van der Waals surface area contributed by atoms with E-state index in [0.717, 1.165) is 5.76 Å². The lowest BCUT2D eigenvalue weighted by atomic mass is 10.3. The minimum Gasteiger partial charge on any atom is -0.468 e. The molecule has 0 saturated carbocycles. The van der Waals surface area contributed by atoms with Crippen LogP contribution in [0, 0.1) is 0 Å². The fraction of sp³-hybridized carbons (Fsp3) is 0.667. The molecule has 1 aromatic heterocycles. The quantitative estimate of drug-likeness (QED) is 0.732. The Hall–Kier alpha value is -1.01. The second-order valence-corrected chi connectivity index (χ2v) is 4.15. The first kappa shape index (κ1) is 15.0. The number of hydrogen-bond donors (Lipinski definition) is 1. The van der Waals surface area contributed by atoms with Gasteiger partial charge in [0.2, 0.25) is 0 Å². The van der Waals surface area contributed by atoms with Gasteiger partial charge in [-0.2, -0.15) is 13.2 Å². The van der Waals surface area contributed by atoms with Crippen LogP contribution in [0.3, 0.4) is 0 Å². The largest absolute Gasteiger partial charge is 0.468 e. The van der Waals surface area contributed by atoms with Crippen LogP contribution in [-0.2, 0) is 6.54 Å². The Balaban J connectivity index is 2.20. The zero-order valence-corrected chi connectivity index (χ0v) is 10.5. The Morgan fingerprint density at radius 3 is 2.67 bits per heavy atom. The van der Waals surface area contributed by atoms with E-state index < -0.39 is 12.7 Å². The number of nitrogens with zero attached hydrogens (tertiary/aromatic N) is 1. The molecule has 1 rings (SSSR count). The number of alkyl halides is 3. The molecule has 0 aromatic carbocycles. The highest BCUT2D eigenvalue weighted by Crippen LogP contribution is 2.16. The molecule has 0 atom stereocenters. The van der Waals surface area contributed by atoms with Gasteiger partial charge in [-0.1, -0.05) is 6.92 Å². The van der Waals surface area contributed by atoms with Gasteiger partial charge in [0.05, 0.1) is 19.4 Å². The van der Waals surface area contributed by atoms with Gasteiger partial charge in [0, 0.05) is 13.1 Å². The summed E-state index contributed by atoms with van der Waals surface area (Å²) < 4.78 is 42.0. The van der Waals surface area contributed by atoms with Crippen molar-refractivity contribution >= 4 is 0 Å². The average Bonchev–Trinajstić information content (AvgIpc) is 2.75. The second kappa shape index (κ2) is 7.43. The van der Waals surface area contributed by atoms with Crippen molar-refractivity contribution in [2.75, 3.05) is 26.2 Å². The molecule has 104 valence electrons. The summed E-state index contributed by atoms with van der Waals surface area (Å²) in [6, 6.07) is 3.61. The van der Waals surface area contributed by atoms with Crippen LogP contribution < -0.4 is 5.32 Å². The zero-order valence-electron chi connectivity index (χ0n) is 10.5.